The van der Waals surface area contributed by atoms with Crippen molar-refractivity contribution in [2.24, 2.45) is 10.7 Å². The van der Waals surface area contributed by atoms with Gasteiger partial charge in [0.1, 0.15) is 6.21 Å². The first-order chi connectivity index (χ1) is 9.04. The maximum absolute atomic E-state index is 10.7. The van der Waals surface area contributed by atoms with Crippen LogP contribution in [0, 0.1) is 10.1 Å². The highest BCUT2D eigenvalue weighted by atomic mass is 16.6. The van der Waals surface area contributed by atoms with Gasteiger partial charge in [-0.15, -0.1) is 0 Å². The van der Waals surface area contributed by atoms with Gasteiger partial charge in [0.15, 0.2) is 0 Å². The molecule has 1 rings (SSSR count). The van der Waals surface area contributed by atoms with E-state index in [1.807, 2.05) is 49.3 Å². The Morgan fingerprint density at radius 2 is 2.11 bits per heavy atom. The van der Waals surface area contributed by atoms with Crippen LogP contribution in [0.25, 0.3) is 0 Å². The van der Waals surface area contributed by atoms with Gasteiger partial charge in [-0.3, -0.25) is 15.1 Å². The lowest BCUT2D eigenvalue weighted by Crippen LogP contribution is -2.19. The number of nitro groups is 1. The second-order valence-corrected chi connectivity index (χ2v) is 4.32. The molecule has 0 aliphatic rings. The summed E-state index contributed by atoms with van der Waals surface area (Å²) in [6.45, 7) is 0.663. The molecule has 0 amide bonds. The van der Waals surface area contributed by atoms with E-state index in [2.05, 4.69) is 4.99 Å². The zero-order valence-corrected chi connectivity index (χ0v) is 11.1. The lowest BCUT2D eigenvalue weighted by Gasteiger charge is -2.17. The first-order valence-corrected chi connectivity index (χ1v) is 5.83. The van der Waals surface area contributed by atoms with Crippen LogP contribution in [0.5, 0.6) is 0 Å². The van der Waals surface area contributed by atoms with Crippen LogP contribution < -0.4 is 5.73 Å². The summed E-state index contributed by atoms with van der Waals surface area (Å²) in [6.07, 6.45) is 2.16. The van der Waals surface area contributed by atoms with Gasteiger partial charge in [0.05, 0.1) is 17.2 Å². The van der Waals surface area contributed by atoms with Gasteiger partial charge in [0, 0.05) is 6.54 Å². The van der Waals surface area contributed by atoms with Gasteiger partial charge in [-0.25, -0.2) is 0 Å². The highest BCUT2D eigenvalue weighted by Crippen LogP contribution is 2.17. The Labute approximate surface area is 112 Å². The Morgan fingerprint density at radius 3 is 2.58 bits per heavy atom. The number of nitrogens with two attached hydrogens (primary N) is 1. The van der Waals surface area contributed by atoms with Gasteiger partial charge in [0.25, 0.3) is 0 Å². The molecule has 0 spiro atoms. The Bertz CT molecular complexity index is 469. The first-order valence-electron chi connectivity index (χ1n) is 5.83. The molecule has 1 atom stereocenters. The van der Waals surface area contributed by atoms with Crippen LogP contribution >= 0.6 is 0 Å². The predicted octanol–water partition coefficient (Wildman–Crippen LogP) is 1.44. The van der Waals surface area contributed by atoms with Crippen LogP contribution in [0.1, 0.15) is 11.6 Å². The van der Waals surface area contributed by atoms with Gasteiger partial charge in [-0.2, -0.15) is 0 Å². The number of aliphatic imine (C=N–C) groups is 1. The maximum atomic E-state index is 10.7. The SMILES string of the molecule is CN(C)CC(N=C/C(=C\N)[N+](=O)[O-])c1ccccc1. The fourth-order valence-electron chi connectivity index (χ4n) is 1.58. The van der Waals surface area contributed by atoms with E-state index in [-0.39, 0.29) is 11.7 Å². The summed E-state index contributed by atoms with van der Waals surface area (Å²) < 4.78 is 0. The average molecular weight is 262 g/mol. The molecular weight excluding hydrogens is 244 g/mol. The van der Waals surface area contributed by atoms with Crippen molar-refractivity contribution in [1.29, 1.82) is 0 Å². The number of rotatable bonds is 6. The van der Waals surface area contributed by atoms with Crippen LogP contribution in [0.4, 0.5) is 0 Å². The van der Waals surface area contributed by atoms with Crippen molar-refractivity contribution < 1.29 is 4.92 Å². The number of nitrogens with zero attached hydrogens (tertiary/aromatic N) is 3. The van der Waals surface area contributed by atoms with E-state index >= 15 is 0 Å². The number of benzene rings is 1. The summed E-state index contributed by atoms with van der Waals surface area (Å²) in [5.74, 6) is 0. The smallest absolute Gasteiger partial charge is 0.302 e. The van der Waals surface area contributed by atoms with E-state index in [4.69, 9.17) is 5.73 Å². The second-order valence-electron chi connectivity index (χ2n) is 4.32. The van der Waals surface area contributed by atoms with Crippen molar-refractivity contribution in [3.8, 4) is 0 Å². The van der Waals surface area contributed by atoms with Crippen LogP contribution in [-0.2, 0) is 0 Å². The summed E-state index contributed by atoms with van der Waals surface area (Å²) in [6, 6.07) is 9.49. The van der Waals surface area contributed by atoms with Crippen LogP contribution in [-0.4, -0.2) is 36.7 Å². The zero-order chi connectivity index (χ0) is 14.3. The van der Waals surface area contributed by atoms with E-state index in [9.17, 15) is 10.1 Å². The molecule has 0 radical (unpaired) electrons. The molecule has 0 saturated heterocycles. The summed E-state index contributed by atoms with van der Waals surface area (Å²) in [5, 5.41) is 10.7. The van der Waals surface area contributed by atoms with Gasteiger partial charge in [0.2, 0.25) is 0 Å². The monoisotopic (exact) mass is 262 g/mol. The molecule has 0 fully saturated rings. The first kappa shape index (κ1) is 14.8. The topological polar surface area (TPSA) is 84.8 Å². The van der Waals surface area contributed by atoms with E-state index in [1.54, 1.807) is 0 Å². The molecule has 0 saturated carbocycles. The Hall–Kier alpha value is -2.21. The minimum Gasteiger partial charge on any atom is -0.399 e. The lowest BCUT2D eigenvalue weighted by atomic mass is 10.1. The molecule has 0 aliphatic carbocycles. The number of allylic oxidation sites excluding steroid dienone is 1. The molecule has 102 valence electrons. The van der Waals surface area contributed by atoms with E-state index in [0.29, 0.717) is 6.54 Å². The van der Waals surface area contributed by atoms with E-state index in [0.717, 1.165) is 11.8 Å². The third kappa shape index (κ3) is 4.89. The third-order valence-corrected chi connectivity index (χ3v) is 2.49. The molecular formula is C13H18N4O2. The van der Waals surface area contributed by atoms with Crippen LogP contribution in [0.3, 0.4) is 0 Å². The van der Waals surface area contributed by atoms with Crippen molar-refractivity contribution in [3.63, 3.8) is 0 Å². The minimum absolute atomic E-state index is 0.161. The van der Waals surface area contributed by atoms with Gasteiger partial charge >= 0.3 is 5.70 Å². The van der Waals surface area contributed by atoms with Crippen LogP contribution in [0.15, 0.2) is 47.2 Å². The number of hydrogen-bond donors (Lipinski definition) is 1. The summed E-state index contributed by atoms with van der Waals surface area (Å²) in [5.41, 5.74) is 5.99. The standard InChI is InChI=1S/C13H18N4O2/c1-16(2)10-13(11-6-4-3-5-7-11)15-9-12(8-14)17(18)19/h3-9,13H,10,14H2,1-2H3/b12-8+,15-9?. The van der Waals surface area contributed by atoms with Crippen molar-refractivity contribution in [2.75, 3.05) is 20.6 Å². The molecule has 2 N–H and O–H groups in total. The quantitative estimate of drug-likeness (QED) is 0.477. The van der Waals surface area contributed by atoms with Gasteiger partial charge < -0.3 is 10.6 Å². The molecule has 1 aromatic rings. The Kier molecular flexibility index (Phi) is 5.69. The predicted molar refractivity (Wildman–Crippen MR) is 75.5 cm³/mol. The summed E-state index contributed by atoms with van der Waals surface area (Å²) in [7, 11) is 3.86. The number of likely N-dealkylation sites (N-methyl/N-ethyl adjacent to an activating group) is 1. The zero-order valence-electron chi connectivity index (χ0n) is 11.1. The van der Waals surface area contributed by atoms with Crippen molar-refractivity contribution in [1.82, 2.24) is 4.90 Å². The average Bonchev–Trinajstić information content (AvgIpc) is 2.38. The third-order valence-electron chi connectivity index (χ3n) is 2.49. The fourth-order valence-corrected chi connectivity index (χ4v) is 1.58. The molecule has 6 heteroatoms. The van der Waals surface area contributed by atoms with Crippen molar-refractivity contribution >= 4 is 6.21 Å². The van der Waals surface area contributed by atoms with Gasteiger partial charge in [-0.05, 0) is 19.7 Å². The molecule has 19 heavy (non-hydrogen) atoms. The lowest BCUT2D eigenvalue weighted by molar-refractivity contribution is -0.414. The maximum Gasteiger partial charge on any atom is 0.302 e. The van der Waals surface area contributed by atoms with Gasteiger partial charge in [-0.1, -0.05) is 30.3 Å². The highest BCUT2D eigenvalue weighted by molar-refractivity contribution is 5.75. The summed E-state index contributed by atoms with van der Waals surface area (Å²) in [4.78, 5) is 16.4. The highest BCUT2D eigenvalue weighted by Gasteiger charge is 2.12. The Balaban J connectivity index is 2.93. The fraction of sp³-hybridized carbons (Fsp3) is 0.308. The second kappa shape index (κ2) is 7.27. The molecule has 0 bridgehead atoms. The van der Waals surface area contributed by atoms with Crippen LogP contribution in [0.2, 0.25) is 0 Å². The molecule has 0 heterocycles. The van der Waals surface area contributed by atoms with E-state index in [1.165, 1.54) is 6.21 Å². The molecule has 1 unspecified atom stereocenters. The molecule has 6 nitrogen and oxygen atoms in total. The minimum atomic E-state index is -0.554. The van der Waals surface area contributed by atoms with Crippen molar-refractivity contribution in [3.05, 3.63) is 57.9 Å². The Morgan fingerprint density at radius 1 is 1.47 bits per heavy atom. The molecule has 1 aromatic carbocycles. The normalized spacial score (nSPS) is 13.9. The number of hydrogen-bond acceptors (Lipinski definition) is 5. The largest absolute Gasteiger partial charge is 0.399 e. The molecule has 0 aliphatic heterocycles. The summed E-state index contributed by atoms with van der Waals surface area (Å²) >= 11 is 0. The molecule has 0 aromatic heterocycles. The van der Waals surface area contributed by atoms with Crippen molar-refractivity contribution in [2.45, 2.75) is 6.04 Å². The van der Waals surface area contributed by atoms with E-state index < -0.39 is 4.92 Å².